The van der Waals surface area contributed by atoms with E-state index in [9.17, 15) is 4.79 Å². The minimum atomic E-state index is -0.125. The number of carbonyl (C=O) groups is 1. The van der Waals surface area contributed by atoms with Gasteiger partial charge in [-0.05, 0) is 62.0 Å². The zero-order valence-corrected chi connectivity index (χ0v) is 19.6. The smallest absolute Gasteiger partial charge is 0.155 e. The van der Waals surface area contributed by atoms with Crippen molar-refractivity contribution in [3.8, 4) is 11.3 Å². The van der Waals surface area contributed by atoms with Crippen LogP contribution in [0.5, 0.6) is 0 Å². The van der Waals surface area contributed by atoms with Crippen LogP contribution in [0.4, 0.5) is 0 Å². The number of hydrogen-bond acceptors (Lipinski definition) is 3. The summed E-state index contributed by atoms with van der Waals surface area (Å²) in [6.45, 7) is 11.3. The number of hydrogen-bond donors (Lipinski definition) is 1. The molecule has 2 aromatic carbocycles. The minimum Gasteiger partial charge on any atom is -0.512 e. The maximum absolute atomic E-state index is 10.0. The van der Waals surface area contributed by atoms with E-state index in [0.717, 1.165) is 22.3 Å². The molecule has 3 aromatic rings. The summed E-state index contributed by atoms with van der Waals surface area (Å²) in [4.78, 5) is 14.8. The number of aromatic nitrogens is 1. The van der Waals surface area contributed by atoms with Crippen molar-refractivity contribution < 1.29 is 30.0 Å². The summed E-state index contributed by atoms with van der Waals surface area (Å²) in [5, 5.41) is 9.56. The largest absolute Gasteiger partial charge is 0.512 e. The van der Waals surface area contributed by atoms with E-state index in [-0.39, 0.29) is 31.6 Å². The molecular formula is C24H26IrNO2-. The van der Waals surface area contributed by atoms with E-state index in [0.29, 0.717) is 0 Å². The topological polar surface area (TPSA) is 50.2 Å². The number of fused-ring (bicyclic) bond motifs is 1. The van der Waals surface area contributed by atoms with Crippen LogP contribution in [0, 0.1) is 33.8 Å². The van der Waals surface area contributed by atoms with E-state index in [4.69, 9.17) is 10.1 Å². The summed E-state index contributed by atoms with van der Waals surface area (Å²) in [6, 6.07) is 16.3. The van der Waals surface area contributed by atoms with Crippen LogP contribution in [0.15, 0.2) is 48.2 Å². The predicted octanol–water partition coefficient (Wildman–Crippen LogP) is 5.97. The number of aliphatic hydroxyl groups excluding tert-OH is 1. The Morgan fingerprint density at radius 2 is 1.61 bits per heavy atom. The number of nitrogens with zero attached hydrogens (tertiary/aromatic N) is 1. The summed E-state index contributed by atoms with van der Waals surface area (Å²) in [5.74, 6) is -0.0625. The second-order valence-electron chi connectivity index (χ2n) is 6.92. The molecule has 0 amide bonds. The van der Waals surface area contributed by atoms with Crippen molar-refractivity contribution in [3.05, 3.63) is 76.6 Å². The third-order valence-electron chi connectivity index (χ3n) is 4.27. The van der Waals surface area contributed by atoms with E-state index >= 15 is 0 Å². The first-order valence-corrected chi connectivity index (χ1v) is 8.93. The standard InChI is InChI=1S/C19H18N.C5H8O2.Ir/c1-12-5-6-13(2)17(9-12)18-8-7-16-10-14(3)15(4)11-19(16)20-18;1-4(6)3-5(2)7;/h5-8,10-11H,1-4H3;3,6H,1-2H3;/q-1;;/b;4-3-;. The fourth-order valence-corrected chi connectivity index (χ4v) is 2.76. The molecule has 1 N–H and O–H groups in total. The van der Waals surface area contributed by atoms with Crippen LogP contribution in [0.25, 0.3) is 22.2 Å². The molecule has 0 bridgehead atoms. The zero-order chi connectivity index (χ0) is 20.1. The maximum Gasteiger partial charge on any atom is 0.155 e. The van der Waals surface area contributed by atoms with Gasteiger partial charge in [-0.2, -0.15) is 0 Å². The van der Waals surface area contributed by atoms with Crippen LogP contribution in [-0.2, 0) is 24.9 Å². The number of benzene rings is 2. The molecule has 0 saturated carbocycles. The van der Waals surface area contributed by atoms with Gasteiger partial charge in [-0.1, -0.05) is 26.0 Å². The van der Waals surface area contributed by atoms with Crippen LogP contribution in [0.2, 0.25) is 0 Å². The summed E-state index contributed by atoms with van der Waals surface area (Å²) >= 11 is 0. The molecule has 0 aliphatic heterocycles. The molecule has 0 spiro atoms. The van der Waals surface area contributed by atoms with E-state index in [2.05, 4.69) is 70.2 Å². The summed E-state index contributed by atoms with van der Waals surface area (Å²) in [6.07, 6.45) is 1.17. The first-order chi connectivity index (χ1) is 12.7. The van der Waals surface area contributed by atoms with Crippen molar-refractivity contribution in [2.75, 3.05) is 0 Å². The van der Waals surface area contributed by atoms with E-state index in [1.807, 2.05) is 0 Å². The number of ketones is 1. The molecule has 0 aliphatic carbocycles. The van der Waals surface area contributed by atoms with E-state index in [1.54, 1.807) is 0 Å². The van der Waals surface area contributed by atoms with Crippen molar-refractivity contribution in [1.82, 2.24) is 4.98 Å². The maximum atomic E-state index is 10.0. The first-order valence-electron chi connectivity index (χ1n) is 8.93. The molecule has 1 aromatic heterocycles. The predicted molar refractivity (Wildman–Crippen MR) is 112 cm³/mol. The zero-order valence-electron chi connectivity index (χ0n) is 17.2. The van der Waals surface area contributed by atoms with Gasteiger partial charge in [0.25, 0.3) is 0 Å². The van der Waals surface area contributed by atoms with Crippen molar-refractivity contribution in [2.24, 2.45) is 0 Å². The van der Waals surface area contributed by atoms with Gasteiger partial charge in [-0.15, -0.1) is 34.9 Å². The Bertz CT molecular complexity index is 1020. The molecule has 0 unspecified atom stereocenters. The fraction of sp³-hybridized carbons (Fsp3) is 0.250. The molecule has 149 valence electrons. The Kier molecular flexibility index (Phi) is 8.74. The second kappa shape index (κ2) is 10.3. The average molecular weight is 553 g/mol. The van der Waals surface area contributed by atoms with Crippen LogP contribution >= 0.6 is 0 Å². The average Bonchev–Trinajstić information content (AvgIpc) is 2.57. The Hall–Kier alpha value is -2.29. The number of pyridine rings is 1. The third kappa shape index (κ3) is 6.40. The molecule has 28 heavy (non-hydrogen) atoms. The molecule has 0 fully saturated rings. The quantitative estimate of drug-likeness (QED) is 0.242. The van der Waals surface area contributed by atoms with Crippen LogP contribution < -0.4 is 0 Å². The molecule has 0 atom stereocenters. The fourth-order valence-electron chi connectivity index (χ4n) is 2.76. The number of allylic oxidation sites excluding steroid dienone is 2. The van der Waals surface area contributed by atoms with Crippen LogP contribution in [-0.4, -0.2) is 15.9 Å². The van der Waals surface area contributed by atoms with Gasteiger partial charge >= 0.3 is 0 Å². The molecular weight excluding hydrogens is 526 g/mol. The Morgan fingerprint density at radius 1 is 0.964 bits per heavy atom. The van der Waals surface area contributed by atoms with Crippen molar-refractivity contribution >= 4 is 16.7 Å². The van der Waals surface area contributed by atoms with Gasteiger partial charge in [0.15, 0.2) is 5.78 Å². The number of rotatable bonds is 2. The first kappa shape index (κ1) is 23.7. The SMILES string of the molecule is CC(=O)/C=C(/C)O.Cc1[c-]c(-c2ccc3cc(C)c(C)cc3n2)c(C)cc1.[Ir]. The number of aryl methyl sites for hydroxylation is 4. The molecule has 1 radical (unpaired) electrons. The Balaban J connectivity index is 0.000000425. The Morgan fingerprint density at radius 3 is 2.18 bits per heavy atom. The normalized spacial score (nSPS) is 10.7. The minimum absolute atomic E-state index is 0. The van der Waals surface area contributed by atoms with Crippen molar-refractivity contribution in [2.45, 2.75) is 41.5 Å². The van der Waals surface area contributed by atoms with Crippen LogP contribution in [0.1, 0.15) is 36.1 Å². The van der Waals surface area contributed by atoms with Crippen molar-refractivity contribution in [3.63, 3.8) is 0 Å². The van der Waals surface area contributed by atoms with Crippen LogP contribution in [0.3, 0.4) is 0 Å². The van der Waals surface area contributed by atoms with Crippen molar-refractivity contribution in [1.29, 1.82) is 0 Å². The number of aliphatic hydroxyl groups is 1. The molecule has 1 heterocycles. The Labute approximate surface area is 180 Å². The molecule has 3 rings (SSSR count). The van der Waals surface area contributed by atoms with E-state index < -0.39 is 0 Å². The van der Waals surface area contributed by atoms with E-state index in [1.165, 1.54) is 42.0 Å². The van der Waals surface area contributed by atoms with Gasteiger partial charge in [-0.25, -0.2) is 0 Å². The van der Waals surface area contributed by atoms with Gasteiger partial charge in [0.05, 0.1) is 11.3 Å². The summed E-state index contributed by atoms with van der Waals surface area (Å²) in [5.41, 5.74) is 8.11. The van der Waals surface area contributed by atoms with Gasteiger partial charge in [0, 0.05) is 26.2 Å². The number of carbonyl (C=O) groups excluding carboxylic acids is 1. The van der Waals surface area contributed by atoms with Gasteiger partial charge < -0.3 is 5.11 Å². The van der Waals surface area contributed by atoms with Gasteiger partial charge in [-0.3, -0.25) is 9.78 Å². The van der Waals surface area contributed by atoms with Gasteiger partial charge in [0.1, 0.15) is 0 Å². The molecule has 0 saturated heterocycles. The summed E-state index contributed by atoms with van der Waals surface area (Å²) < 4.78 is 0. The molecule has 0 aliphatic rings. The molecule has 3 nitrogen and oxygen atoms in total. The summed E-state index contributed by atoms with van der Waals surface area (Å²) in [7, 11) is 0. The second-order valence-corrected chi connectivity index (χ2v) is 6.92. The molecule has 4 heteroatoms. The third-order valence-corrected chi connectivity index (χ3v) is 4.27. The van der Waals surface area contributed by atoms with Gasteiger partial charge in [0.2, 0.25) is 0 Å². The monoisotopic (exact) mass is 553 g/mol.